The molecule has 0 aliphatic heterocycles. The maximum atomic E-state index is 9.28. The number of nitrogens with zero attached hydrogens (tertiary/aromatic N) is 4. The highest BCUT2D eigenvalue weighted by Gasteiger charge is 2.13. The van der Waals surface area contributed by atoms with E-state index >= 15 is 0 Å². The van der Waals surface area contributed by atoms with Crippen molar-refractivity contribution < 1.29 is 5.11 Å². The van der Waals surface area contributed by atoms with Crippen LogP contribution < -0.4 is 0 Å². The van der Waals surface area contributed by atoms with E-state index in [2.05, 4.69) is 15.1 Å². The maximum Gasteiger partial charge on any atom is 0.213 e. The monoisotopic (exact) mass is 246 g/mol. The molecule has 0 atom stereocenters. The number of aliphatic hydroxyl groups is 1. The molecule has 0 aliphatic carbocycles. The standard InChI is InChI=1S/C11H10N4OS/c1-7-9(6-16)15-11(13-7)17-10(14-15)8-2-4-12-5-3-8/h2-5,16H,6H2,1H3. The Labute approximate surface area is 101 Å². The van der Waals surface area contributed by atoms with Gasteiger partial charge in [-0.15, -0.1) is 0 Å². The second-order valence-corrected chi connectivity index (χ2v) is 4.60. The average molecular weight is 246 g/mol. The van der Waals surface area contributed by atoms with Crippen molar-refractivity contribution in [2.45, 2.75) is 13.5 Å². The van der Waals surface area contributed by atoms with Crippen LogP contribution in [-0.2, 0) is 6.61 Å². The molecule has 1 N–H and O–H groups in total. The first-order chi connectivity index (χ1) is 8.29. The molecule has 0 amide bonds. The number of rotatable bonds is 2. The Bertz CT molecular complexity index is 659. The molecule has 5 nitrogen and oxygen atoms in total. The number of hydrogen-bond acceptors (Lipinski definition) is 5. The molecule has 86 valence electrons. The fourth-order valence-corrected chi connectivity index (χ4v) is 2.65. The minimum atomic E-state index is -0.0491. The lowest BCUT2D eigenvalue weighted by Gasteiger charge is -1.94. The molecule has 0 saturated heterocycles. The average Bonchev–Trinajstić information content (AvgIpc) is 2.86. The summed E-state index contributed by atoms with van der Waals surface area (Å²) in [6.07, 6.45) is 3.47. The molecule has 0 fully saturated rings. The smallest absolute Gasteiger partial charge is 0.213 e. The van der Waals surface area contributed by atoms with E-state index in [1.807, 2.05) is 19.1 Å². The Morgan fingerprint density at radius 3 is 2.82 bits per heavy atom. The molecule has 0 spiro atoms. The van der Waals surface area contributed by atoms with Gasteiger partial charge in [-0.3, -0.25) is 4.98 Å². The van der Waals surface area contributed by atoms with Crippen LogP contribution in [0.3, 0.4) is 0 Å². The maximum absolute atomic E-state index is 9.28. The van der Waals surface area contributed by atoms with Crippen LogP contribution in [0.2, 0.25) is 0 Å². The molecule has 3 heterocycles. The molecule has 3 rings (SSSR count). The lowest BCUT2D eigenvalue weighted by atomic mass is 10.3. The molecule has 6 heteroatoms. The summed E-state index contributed by atoms with van der Waals surface area (Å²) in [4.78, 5) is 9.15. The van der Waals surface area contributed by atoms with Crippen LogP contribution in [0.1, 0.15) is 11.4 Å². The zero-order chi connectivity index (χ0) is 11.8. The van der Waals surface area contributed by atoms with Crippen molar-refractivity contribution in [3.63, 3.8) is 0 Å². The summed E-state index contributed by atoms with van der Waals surface area (Å²) in [6, 6.07) is 3.81. The molecule has 17 heavy (non-hydrogen) atoms. The Hall–Kier alpha value is -1.79. The van der Waals surface area contributed by atoms with Crippen LogP contribution in [0.15, 0.2) is 24.5 Å². The third kappa shape index (κ3) is 1.62. The summed E-state index contributed by atoms with van der Waals surface area (Å²) in [5, 5.41) is 14.6. The quantitative estimate of drug-likeness (QED) is 0.746. The summed E-state index contributed by atoms with van der Waals surface area (Å²) in [6.45, 7) is 1.82. The van der Waals surface area contributed by atoms with E-state index in [0.717, 1.165) is 26.9 Å². The molecule has 3 aromatic heterocycles. The van der Waals surface area contributed by atoms with Crippen molar-refractivity contribution in [1.29, 1.82) is 0 Å². The van der Waals surface area contributed by atoms with Crippen LogP contribution in [0.5, 0.6) is 0 Å². The van der Waals surface area contributed by atoms with E-state index in [1.165, 1.54) is 11.3 Å². The largest absolute Gasteiger partial charge is 0.390 e. The number of hydrogen-bond donors (Lipinski definition) is 1. The van der Waals surface area contributed by atoms with Crippen LogP contribution in [0.4, 0.5) is 0 Å². The lowest BCUT2D eigenvalue weighted by molar-refractivity contribution is 0.273. The zero-order valence-corrected chi connectivity index (χ0v) is 9.98. The molecule has 0 radical (unpaired) electrons. The van der Waals surface area contributed by atoms with Gasteiger partial charge < -0.3 is 5.11 Å². The normalized spacial score (nSPS) is 11.2. The van der Waals surface area contributed by atoms with Crippen molar-refractivity contribution in [2.75, 3.05) is 0 Å². The summed E-state index contributed by atoms with van der Waals surface area (Å²) in [5.74, 6) is 0. The second-order valence-electron chi connectivity index (χ2n) is 3.64. The van der Waals surface area contributed by atoms with E-state index in [4.69, 9.17) is 0 Å². The minimum absolute atomic E-state index is 0.0491. The summed E-state index contributed by atoms with van der Waals surface area (Å²) in [7, 11) is 0. The predicted octanol–water partition coefficient (Wildman–Crippen LogP) is 1.65. The van der Waals surface area contributed by atoms with Gasteiger partial charge in [0, 0.05) is 18.0 Å². The van der Waals surface area contributed by atoms with Gasteiger partial charge in [-0.05, 0) is 19.1 Å². The Kier molecular flexibility index (Phi) is 2.38. The van der Waals surface area contributed by atoms with Gasteiger partial charge in [0.15, 0.2) is 0 Å². The van der Waals surface area contributed by atoms with Gasteiger partial charge in [0.2, 0.25) is 4.96 Å². The highest BCUT2D eigenvalue weighted by Crippen LogP contribution is 2.26. The van der Waals surface area contributed by atoms with Crippen LogP contribution in [0.25, 0.3) is 15.5 Å². The van der Waals surface area contributed by atoms with E-state index in [1.54, 1.807) is 16.9 Å². The molecule has 0 aliphatic rings. The first-order valence-electron chi connectivity index (χ1n) is 5.16. The molecular formula is C11H10N4OS. The number of aliphatic hydroxyl groups excluding tert-OH is 1. The number of fused-ring (bicyclic) bond motifs is 1. The van der Waals surface area contributed by atoms with Gasteiger partial charge in [-0.2, -0.15) is 5.10 Å². The molecule has 0 aromatic carbocycles. The van der Waals surface area contributed by atoms with E-state index in [9.17, 15) is 5.11 Å². The summed E-state index contributed by atoms with van der Waals surface area (Å²) < 4.78 is 1.70. The third-order valence-electron chi connectivity index (χ3n) is 2.57. The molecule has 0 saturated carbocycles. The number of imidazole rings is 1. The van der Waals surface area contributed by atoms with Gasteiger partial charge in [0.25, 0.3) is 0 Å². The van der Waals surface area contributed by atoms with Crippen LogP contribution in [-0.4, -0.2) is 24.7 Å². The van der Waals surface area contributed by atoms with Gasteiger partial charge in [0.1, 0.15) is 5.01 Å². The molecule has 0 unspecified atom stereocenters. The fourth-order valence-electron chi connectivity index (χ4n) is 1.68. The first-order valence-corrected chi connectivity index (χ1v) is 5.97. The highest BCUT2D eigenvalue weighted by atomic mass is 32.1. The molecule has 0 bridgehead atoms. The van der Waals surface area contributed by atoms with E-state index < -0.39 is 0 Å². The number of pyridine rings is 1. The van der Waals surface area contributed by atoms with Crippen LogP contribution >= 0.6 is 11.3 Å². The Morgan fingerprint density at radius 2 is 2.12 bits per heavy atom. The Morgan fingerprint density at radius 1 is 1.35 bits per heavy atom. The third-order valence-corrected chi connectivity index (χ3v) is 3.53. The van der Waals surface area contributed by atoms with E-state index in [0.29, 0.717) is 0 Å². The summed E-state index contributed by atoms with van der Waals surface area (Å²) >= 11 is 1.50. The topological polar surface area (TPSA) is 63.3 Å². The molecular weight excluding hydrogens is 236 g/mol. The number of aryl methyl sites for hydroxylation is 1. The van der Waals surface area contributed by atoms with Crippen molar-refractivity contribution in [2.24, 2.45) is 0 Å². The first kappa shape index (κ1) is 10.4. The van der Waals surface area contributed by atoms with E-state index in [-0.39, 0.29) is 6.61 Å². The van der Waals surface area contributed by atoms with Gasteiger partial charge in [-0.1, -0.05) is 11.3 Å². The minimum Gasteiger partial charge on any atom is -0.390 e. The lowest BCUT2D eigenvalue weighted by Crippen LogP contribution is -1.95. The number of aromatic nitrogens is 4. The zero-order valence-electron chi connectivity index (χ0n) is 9.16. The predicted molar refractivity (Wildman–Crippen MR) is 64.8 cm³/mol. The van der Waals surface area contributed by atoms with Crippen LogP contribution in [0, 0.1) is 6.92 Å². The van der Waals surface area contributed by atoms with Gasteiger partial charge >= 0.3 is 0 Å². The van der Waals surface area contributed by atoms with Gasteiger partial charge in [-0.25, -0.2) is 9.50 Å². The van der Waals surface area contributed by atoms with Crippen molar-refractivity contribution in [3.05, 3.63) is 35.9 Å². The van der Waals surface area contributed by atoms with Gasteiger partial charge in [0.05, 0.1) is 18.0 Å². The fraction of sp³-hybridized carbons (Fsp3) is 0.182. The van der Waals surface area contributed by atoms with Crippen molar-refractivity contribution in [1.82, 2.24) is 19.6 Å². The SMILES string of the molecule is Cc1nc2sc(-c3ccncc3)nn2c1CO. The van der Waals surface area contributed by atoms with Crippen molar-refractivity contribution in [3.8, 4) is 10.6 Å². The second kappa shape index (κ2) is 3.90. The highest BCUT2D eigenvalue weighted by molar-refractivity contribution is 7.19. The Balaban J connectivity index is 2.18. The molecule has 3 aromatic rings. The summed E-state index contributed by atoms with van der Waals surface area (Å²) in [5.41, 5.74) is 2.58. The van der Waals surface area contributed by atoms with Crippen molar-refractivity contribution >= 4 is 16.3 Å².